The first kappa shape index (κ1) is 23.8. The second kappa shape index (κ2) is 9.68. The number of rotatable bonds is 5. The summed E-state index contributed by atoms with van der Waals surface area (Å²) in [6, 6.07) is 12.8. The molecule has 0 spiro atoms. The van der Waals surface area contributed by atoms with E-state index in [0.29, 0.717) is 42.7 Å². The number of nitrogens with zero attached hydrogens (tertiary/aromatic N) is 2. The molecule has 0 aliphatic carbocycles. The SMILES string of the molecule is O=C(NC1CCOc2cc(-c3cccc(S(=O)(=O)N4CCCC4)c3)ccc21)O[C@@H]1CN2CCC1CC2. The Balaban J connectivity index is 1.17. The van der Waals surface area contributed by atoms with Crippen molar-refractivity contribution >= 4 is 16.1 Å². The Bertz CT molecular complexity index is 1240. The van der Waals surface area contributed by atoms with Gasteiger partial charge < -0.3 is 14.8 Å². The van der Waals surface area contributed by atoms with E-state index in [1.54, 1.807) is 22.5 Å². The highest BCUT2D eigenvalue weighted by Gasteiger charge is 2.37. The number of alkyl carbamates (subject to hydrolysis) is 1. The maximum Gasteiger partial charge on any atom is 0.407 e. The average molecular weight is 512 g/mol. The maximum absolute atomic E-state index is 13.0. The largest absolute Gasteiger partial charge is 0.493 e. The van der Waals surface area contributed by atoms with Crippen LogP contribution in [0.3, 0.4) is 0 Å². The molecule has 0 saturated carbocycles. The van der Waals surface area contributed by atoms with Gasteiger partial charge >= 0.3 is 6.09 Å². The number of amides is 1. The number of benzene rings is 2. The molecule has 5 aliphatic rings. The van der Waals surface area contributed by atoms with Crippen LogP contribution in [0.25, 0.3) is 11.1 Å². The fourth-order valence-corrected chi connectivity index (χ4v) is 7.55. The quantitative estimate of drug-likeness (QED) is 0.657. The monoisotopic (exact) mass is 511 g/mol. The maximum atomic E-state index is 13.0. The molecule has 8 nitrogen and oxygen atoms in total. The molecule has 2 aromatic rings. The number of piperidine rings is 3. The molecule has 36 heavy (non-hydrogen) atoms. The van der Waals surface area contributed by atoms with E-state index in [1.807, 2.05) is 24.3 Å². The van der Waals surface area contributed by atoms with E-state index in [9.17, 15) is 13.2 Å². The highest BCUT2D eigenvalue weighted by Crippen LogP contribution is 2.37. The summed E-state index contributed by atoms with van der Waals surface area (Å²) in [5.41, 5.74) is 2.61. The van der Waals surface area contributed by atoms with Crippen LogP contribution in [0.4, 0.5) is 4.79 Å². The number of carbonyl (C=O) groups excluding carboxylic acids is 1. The van der Waals surface area contributed by atoms with Crippen molar-refractivity contribution in [3.05, 3.63) is 48.0 Å². The summed E-state index contributed by atoms with van der Waals surface area (Å²) in [6.45, 7) is 4.69. The topological polar surface area (TPSA) is 88.2 Å². The fourth-order valence-electron chi connectivity index (χ4n) is 5.99. The van der Waals surface area contributed by atoms with Crippen LogP contribution in [0.5, 0.6) is 5.75 Å². The summed E-state index contributed by atoms with van der Waals surface area (Å²) in [7, 11) is -3.49. The smallest absolute Gasteiger partial charge is 0.407 e. The average Bonchev–Trinajstić information content (AvgIpc) is 3.46. The van der Waals surface area contributed by atoms with Crippen LogP contribution in [0, 0.1) is 5.92 Å². The van der Waals surface area contributed by atoms with Gasteiger partial charge in [-0.3, -0.25) is 4.90 Å². The van der Waals surface area contributed by atoms with Crippen molar-refractivity contribution in [1.29, 1.82) is 0 Å². The number of hydrogen-bond donors (Lipinski definition) is 1. The fraction of sp³-hybridized carbons (Fsp3) is 0.519. The highest BCUT2D eigenvalue weighted by molar-refractivity contribution is 7.89. The van der Waals surface area contributed by atoms with Gasteiger partial charge in [-0.2, -0.15) is 4.31 Å². The van der Waals surface area contributed by atoms with E-state index in [2.05, 4.69) is 10.2 Å². The van der Waals surface area contributed by atoms with Crippen LogP contribution in [0.15, 0.2) is 47.4 Å². The van der Waals surface area contributed by atoms with E-state index >= 15 is 0 Å². The minimum Gasteiger partial charge on any atom is -0.493 e. The van der Waals surface area contributed by atoms with Crippen LogP contribution in [-0.2, 0) is 14.8 Å². The van der Waals surface area contributed by atoms with Crippen LogP contribution < -0.4 is 10.1 Å². The molecular formula is C27H33N3O5S. The van der Waals surface area contributed by atoms with Gasteiger partial charge in [0, 0.05) is 31.6 Å². The lowest BCUT2D eigenvalue weighted by molar-refractivity contribution is -0.0342. The minimum atomic E-state index is -3.49. The van der Waals surface area contributed by atoms with Gasteiger partial charge in [0.25, 0.3) is 0 Å². The molecule has 1 amide bonds. The van der Waals surface area contributed by atoms with Crippen LogP contribution in [-0.4, -0.2) is 69.2 Å². The number of carbonyl (C=O) groups is 1. The molecular weight excluding hydrogens is 478 g/mol. The predicted octanol–water partition coefficient (Wildman–Crippen LogP) is 3.78. The zero-order valence-electron chi connectivity index (χ0n) is 20.4. The van der Waals surface area contributed by atoms with Crippen molar-refractivity contribution in [1.82, 2.24) is 14.5 Å². The number of sulfonamides is 1. The van der Waals surface area contributed by atoms with Gasteiger partial charge in [0.05, 0.1) is 17.5 Å². The van der Waals surface area contributed by atoms with E-state index in [0.717, 1.165) is 62.0 Å². The third-order valence-electron chi connectivity index (χ3n) is 8.07. The number of nitrogens with one attached hydrogen (secondary N) is 1. The third-order valence-corrected chi connectivity index (χ3v) is 9.96. The Morgan fingerprint density at radius 3 is 2.50 bits per heavy atom. The molecule has 7 rings (SSSR count). The van der Waals surface area contributed by atoms with Crippen LogP contribution in [0.2, 0.25) is 0 Å². The molecule has 2 aromatic carbocycles. The Kier molecular flexibility index (Phi) is 6.39. The van der Waals surface area contributed by atoms with Crippen molar-refractivity contribution in [2.45, 2.75) is 49.1 Å². The first-order chi connectivity index (χ1) is 17.5. The van der Waals surface area contributed by atoms with Crippen LogP contribution >= 0.6 is 0 Å². The van der Waals surface area contributed by atoms with Gasteiger partial charge in [0.2, 0.25) is 10.0 Å². The molecule has 192 valence electrons. The first-order valence-electron chi connectivity index (χ1n) is 13.0. The second-order valence-electron chi connectivity index (χ2n) is 10.3. The van der Waals surface area contributed by atoms with Gasteiger partial charge in [0.1, 0.15) is 11.9 Å². The summed E-state index contributed by atoms with van der Waals surface area (Å²) in [5, 5.41) is 3.06. The molecule has 5 aliphatic heterocycles. The standard InChI is InChI=1S/C27H33N3O5S/c31-27(35-26-18-29-13-8-19(26)9-14-29)28-24-10-15-34-25-17-21(6-7-23(24)25)20-4-3-5-22(16-20)36(32,33)30-11-1-2-12-30/h3-7,16-17,19,24,26H,1-2,8-15,18H2,(H,28,31)/t24?,26-/m1/s1. The van der Waals surface area contributed by atoms with Gasteiger partial charge in [-0.25, -0.2) is 13.2 Å². The molecule has 2 bridgehead atoms. The van der Waals surface area contributed by atoms with Crippen molar-refractivity contribution < 1.29 is 22.7 Å². The van der Waals surface area contributed by atoms with Crippen molar-refractivity contribution in [2.75, 3.05) is 39.3 Å². The zero-order valence-corrected chi connectivity index (χ0v) is 21.2. The number of hydrogen-bond acceptors (Lipinski definition) is 6. The Hall–Kier alpha value is -2.62. The molecule has 9 heteroatoms. The lowest BCUT2D eigenvalue weighted by Gasteiger charge is -2.44. The van der Waals surface area contributed by atoms with Gasteiger partial charge in [-0.05, 0) is 74.0 Å². The molecule has 2 atom stereocenters. The van der Waals surface area contributed by atoms with E-state index in [-0.39, 0.29) is 18.2 Å². The molecule has 0 radical (unpaired) electrons. The van der Waals surface area contributed by atoms with Crippen molar-refractivity contribution in [3.8, 4) is 16.9 Å². The van der Waals surface area contributed by atoms with E-state index in [1.165, 1.54) is 0 Å². The number of ether oxygens (including phenoxy) is 2. The van der Waals surface area contributed by atoms with Crippen LogP contribution in [0.1, 0.15) is 43.7 Å². The lowest BCUT2D eigenvalue weighted by Crippen LogP contribution is -2.52. The summed E-state index contributed by atoms with van der Waals surface area (Å²) < 4.78 is 39.4. The summed E-state index contributed by atoms with van der Waals surface area (Å²) >= 11 is 0. The first-order valence-corrected chi connectivity index (χ1v) is 14.5. The Morgan fingerprint density at radius 2 is 1.75 bits per heavy atom. The zero-order chi connectivity index (χ0) is 24.7. The molecule has 5 heterocycles. The van der Waals surface area contributed by atoms with Crippen molar-refractivity contribution in [2.24, 2.45) is 5.92 Å². The third kappa shape index (κ3) is 4.60. The van der Waals surface area contributed by atoms with E-state index in [4.69, 9.17) is 9.47 Å². The Labute approximate surface area is 212 Å². The summed E-state index contributed by atoms with van der Waals surface area (Å²) in [5.74, 6) is 1.18. The normalized spacial score (nSPS) is 27.8. The molecule has 4 saturated heterocycles. The minimum absolute atomic E-state index is 0.0294. The molecule has 4 fully saturated rings. The molecule has 0 aromatic heterocycles. The second-order valence-corrected chi connectivity index (χ2v) is 12.2. The molecule has 1 N–H and O–H groups in total. The van der Waals surface area contributed by atoms with Gasteiger partial charge in [0.15, 0.2) is 0 Å². The van der Waals surface area contributed by atoms with Crippen molar-refractivity contribution in [3.63, 3.8) is 0 Å². The molecule has 1 unspecified atom stereocenters. The highest BCUT2D eigenvalue weighted by atomic mass is 32.2. The number of fused-ring (bicyclic) bond motifs is 4. The van der Waals surface area contributed by atoms with Gasteiger partial charge in [-0.1, -0.05) is 24.3 Å². The predicted molar refractivity (Wildman–Crippen MR) is 135 cm³/mol. The lowest BCUT2D eigenvalue weighted by atomic mass is 9.86. The van der Waals surface area contributed by atoms with E-state index < -0.39 is 10.0 Å². The van der Waals surface area contributed by atoms with Gasteiger partial charge in [-0.15, -0.1) is 0 Å². The summed E-state index contributed by atoms with van der Waals surface area (Å²) in [6.07, 6.45) is 4.29. The summed E-state index contributed by atoms with van der Waals surface area (Å²) in [4.78, 5) is 15.4. The Morgan fingerprint density at radius 1 is 0.972 bits per heavy atom.